The van der Waals surface area contributed by atoms with Crippen molar-refractivity contribution in [2.45, 2.75) is 76.4 Å². The van der Waals surface area contributed by atoms with E-state index < -0.39 is 0 Å². The zero-order valence-electron chi connectivity index (χ0n) is 13.2. The normalized spacial score (nSPS) is 34.4. The second-order valence-electron chi connectivity index (χ2n) is 7.07. The highest BCUT2D eigenvalue weighted by Crippen LogP contribution is 2.34. The number of nitrogens with one attached hydrogen (secondary N) is 1. The predicted molar refractivity (Wildman–Crippen MR) is 83.0 cm³/mol. The van der Waals surface area contributed by atoms with Crippen molar-refractivity contribution in [2.75, 3.05) is 26.3 Å². The van der Waals surface area contributed by atoms with Gasteiger partial charge in [-0.2, -0.15) is 0 Å². The summed E-state index contributed by atoms with van der Waals surface area (Å²) < 4.78 is 5.79. The number of hydrogen-bond acceptors (Lipinski definition) is 3. The van der Waals surface area contributed by atoms with E-state index in [9.17, 15) is 0 Å². The smallest absolute Gasteiger partial charge is 0.0494 e. The highest BCUT2D eigenvalue weighted by atomic mass is 16.5. The molecule has 0 aromatic heterocycles. The molecule has 3 aliphatic rings. The summed E-state index contributed by atoms with van der Waals surface area (Å²) in [7, 11) is 0. The van der Waals surface area contributed by atoms with Crippen LogP contribution < -0.4 is 5.32 Å². The fourth-order valence-electron chi connectivity index (χ4n) is 4.18. The maximum Gasteiger partial charge on any atom is 0.0494 e. The molecule has 2 bridgehead atoms. The van der Waals surface area contributed by atoms with Crippen LogP contribution in [0.2, 0.25) is 0 Å². The lowest BCUT2D eigenvalue weighted by atomic mass is 9.81. The molecular formula is C17H32N2O. The monoisotopic (exact) mass is 280 g/mol. The van der Waals surface area contributed by atoms with Gasteiger partial charge in [0, 0.05) is 37.9 Å². The summed E-state index contributed by atoms with van der Waals surface area (Å²) in [4.78, 5) is 2.82. The number of ether oxygens (including phenoxy) is 1. The van der Waals surface area contributed by atoms with Crippen LogP contribution in [0, 0.1) is 5.92 Å². The van der Waals surface area contributed by atoms with E-state index in [1.54, 1.807) is 0 Å². The van der Waals surface area contributed by atoms with Crippen molar-refractivity contribution in [1.29, 1.82) is 0 Å². The molecule has 20 heavy (non-hydrogen) atoms. The van der Waals surface area contributed by atoms with Gasteiger partial charge in [0.15, 0.2) is 0 Å². The minimum absolute atomic E-state index is 0.776. The van der Waals surface area contributed by atoms with Crippen LogP contribution in [0.4, 0.5) is 0 Å². The molecule has 1 saturated carbocycles. The van der Waals surface area contributed by atoms with Crippen molar-refractivity contribution >= 4 is 0 Å². The van der Waals surface area contributed by atoms with Gasteiger partial charge in [0.25, 0.3) is 0 Å². The summed E-state index contributed by atoms with van der Waals surface area (Å²) in [5, 5.41) is 3.68. The molecule has 2 aliphatic heterocycles. The Hall–Kier alpha value is -0.120. The molecule has 2 unspecified atom stereocenters. The van der Waals surface area contributed by atoms with Crippen molar-refractivity contribution in [3.8, 4) is 0 Å². The van der Waals surface area contributed by atoms with Crippen molar-refractivity contribution in [3.63, 3.8) is 0 Å². The predicted octanol–water partition coefficient (Wildman–Crippen LogP) is 2.80. The van der Waals surface area contributed by atoms with Gasteiger partial charge in [-0.05, 0) is 57.4 Å². The highest BCUT2D eigenvalue weighted by Gasteiger charge is 2.37. The van der Waals surface area contributed by atoms with E-state index in [-0.39, 0.29) is 0 Å². The zero-order valence-corrected chi connectivity index (χ0v) is 13.2. The third kappa shape index (κ3) is 3.96. The minimum Gasteiger partial charge on any atom is -0.381 e. The maximum absolute atomic E-state index is 5.79. The Morgan fingerprint density at radius 1 is 1.10 bits per heavy atom. The van der Waals surface area contributed by atoms with Crippen molar-refractivity contribution in [2.24, 2.45) is 5.92 Å². The van der Waals surface area contributed by atoms with Gasteiger partial charge in [0.2, 0.25) is 0 Å². The Kier molecular flexibility index (Phi) is 5.36. The Morgan fingerprint density at radius 2 is 1.85 bits per heavy atom. The summed E-state index contributed by atoms with van der Waals surface area (Å²) in [6.07, 6.45) is 11.1. The van der Waals surface area contributed by atoms with Gasteiger partial charge in [0.05, 0.1) is 0 Å². The number of fused-ring (bicyclic) bond motifs is 2. The molecular weight excluding hydrogens is 248 g/mol. The molecule has 116 valence electrons. The van der Waals surface area contributed by atoms with Crippen LogP contribution in [0.3, 0.4) is 0 Å². The number of piperidine rings is 2. The Balaban J connectivity index is 1.39. The molecule has 3 rings (SSSR count). The summed E-state index contributed by atoms with van der Waals surface area (Å²) in [6, 6.07) is 2.46. The molecule has 0 radical (unpaired) electrons. The molecule has 3 nitrogen and oxygen atoms in total. The molecule has 2 atom stereocenters. The molecule has 0 spiro atoms. The zero-order chi connectivity index (χ0) is 13.8. The summed E-state index contributed by atoms with van der Waals surface area (Å²) in [6.45, 7) is 6.62. The maximum atomic E-state index is 5.79. The number of hydrogen-bond donors (Lipinski definition) is 1. The number of nitrogens with zero attached hydrogens (tertiary/aromatic N) is 1. The van der Waals surface area contributed by atoms with E-state index in [1.165, 1.54) is 57.9 Å². The van der Waals surface area contributed by atoms with Gasteiger partial charge in [-0.15, -0.1) is 0 Å². The second-order valence-corrected chi connectivity index (χ2v) is 7.07. The Bertz CT molecular complexity index is 279. The summed E-state index contributed by atoms with van der Waals surface area (Å²) in [5.41, 5.74) is 0. The fourth-order valence-corrected chi connectivity index (χ4v) is 4.18. The van der Waals surface area contributed by atoms with E-state index in [0.29, 0.717) is 0 Å². The van der Waals surface area contributed by atoms with E-state index in [0.717, 1.165) is 43.8 Å². The lowest BCUT2D eigenvalue weighted by molar-refractivity contribution is 0.0155. The van der Waals surface area contributed by atoms with Gasteiger partial charge in [-0.25, -0.2) is 0 Å². The molecule has 3 fully saturated rings. The molecule has 1 N–H and O–H groups in total. The van der Waals surface area contributed by atoms with Crippen LogP contribution >= 0.6 is 0 Å². The molecule has 1 aliphatic carbocycles. The van der Waals surface area contributed by atoms with Gasteiger partial charge in [0.1, 0.15) is 0 Å². The van der Waals surface area contributed by atoms with Crippen molar-refractivity contribution < 1.29 is 4.74 Å². The lowest BCUT2D eigenvalue weighted by Crippen LogP contribution is -2.56. The van der Waals surface area contributed by atoms with Gasteiger partial charge in [-0.1, -0.05) is 13.3 Å². The van der Waals surface area contributed by atoms with Crippen LogP contribution in [-0.4, -0.2) is 49.3 Å². The lowest BCUT2D eigenvalue weighted by Gasteiger charge is -2.49. The second kappa shape index (κ2) is 7.24. The van der Waals surface area contributed by atoms with Crippen LogP contribution in [0.5, 0.6) is 0 Å². The first-order valence-corrected chi connectivity index (χ1v) is 8.93. The van der Waals surface area contributed by atoms with Crippen LogP contribution in [0.25, 0.3) is 0 Å². The van der Waals surface area contributed by atoms with Crippen LogP contribution in [0.1, 0.15) is 58.3 Å². The van der Waals surface area contributed by atoms with Crippen molar-refractivity contribution in [3.05, 3.63) is 0 Å². The third-order valence-electron chi connectivity index (χ3n) is 5.37. The van der Waals surface area contributed by atoms with Crippen LogP contribution in [0.15, 0.2) is 0 Å². The van der Waals surface area contributed by atoms with E-state index in [2.05, 4.69) is 17.1 Å². The third-order valence-corrected chi connectivity index (χ3v) is 5.37. The summed E-state index contributed by atoms with van der Waals surface area (Å²) in [5.74, 6) is 0.908. The first kappa shape index (κ1) is 14.8. The highest BCUT2D eigenvalue weighted by molar-refractivity contribution is 4.94. The SMILES string of the molecule is CCNC1CC2CCCC(C1)N2CCCOCC1CC1. The van der Waals surface area contributed by atoms with Gasteiger partial charge < -0.3 is 10.1 Å². The first-order valence-electron chi connectivity index (χ1n) is 8.93. The fraction of sp³-hybridized carbons (Fsp3) is 1.00. The van der Waals surface area contributed by atoms with E-state index in [1.807, 2.05) is 0 Å². The van der Waals surface area contributed by atoms with E-state index >= 15 is 0 Å². The first-order chi connectivity index (χ1) is 9.86. The summed E-state index contributed by atoms with van der Waals surface area (Å²) >= 11 is 0. The Morgan fingerprint density at radius 3 is 2.50 bits per heavy atom. The Labute approximate surface area is 124 Å². The van der Waals surface area contributed by atoms with Crippen LogP contribution in [-0.2, 0) is 4.74 Å². The van der Waals surface area contributed by atoms with Gasteiger partial charge in [-0.3, -0.25) is 4.90 Å². The standard InChI is InChI=1S/C17H32N2O/c1-2-18-15-11-16-5-3-6-17(12-15)19(16)9-4-10-20-13-14-7-8-14/h14-18H,2-13H2,1H3. The average Bonchev–Trinajstić information content (AvgIpc) is 3.23. The topological polar surface area (TPSA) is 24.5 Å². The van der Waals surface area contributed by atoms with Crippen molar-refractivity contribution in [1.82, 2.24) is 10.2 Å². The quantitative estimate of drug-likeness (QED) is 0.692. The van der Waals surface area contributed by atoms with E-state index in [4.69, 9.17) is 4.74 Å². The molecule has 2 heterocycles. The molecule has 0 aromatic rings. The largest absolute Gasteiger partial charge is 0.381 e. The average molecular weight is 280 g/mol. The number of rotatable bonds is 8. The molecule has 0 aromatic carbocycles. The molecule has 3 heteroatoms. The molecule has 0 amide bonds. The molecule has 2 saturated heterocycles. The minimum atomic E-state index is 0.776. The van der Waals surface area contributed by atoms with Gasteiger partial charge >= 0.3 is 0 Å².